The number of hydrogen-bond acceptors (Lipinski definition) is 2. The quantitative estimate of drug-likeness (QED) is 0.592. The molecule has 66 valence electrons. The first-order chi connectivity index (χ1) is 5.43. The lowest BCUT2D eigenvalue weighted by Crippen LogP contribution is -2.04. The van der Waals surface area contributed by atoms with Crippen molar-refractivity contribution < 1.29 is 4.74 Å². The highest BCUT2D eigenvalue weighted by molar-refractivity contribution is 8.00. The lowest BCUT2D eigenvalue weighted by atomic mass is 10.3. The summed E-state index contributed by atoms with van der Waals surface area (Å²) in [6, 6.07) is 0. The van der Waals surface area contributed by atoms with E-state index in [0.29, 0.717) is 5.44 Å². The van der Waals surface area contributed by atoms with E-state index in [1.165, 1.54) is 37.9 Å². The van der Waals surface area contributed by atoms with E-state index in [2.05, 4.69) is 6.92 Å². The zero-order chi connectivity index (χ0) is 7.94. The molecule has 0 aliphatic carbocycles. The molecule has 1 aliphatic heterocycles. The van der Waals surface area contributed by atoms with Gasteiger partial charge in [0.05, 0.1) is 0 Å². The molecule has 0 saturated carbocycles. The fraction of sp³-hybridized carbons (Fsp3) is 1.00. The van der Waals surface area contributed by atoms with Crippen LogP contribution in [-0.4, -0.2) is 17.8 Å². The van der Waals surface area contributed by atoms with Crippen molar-refractivity contribution in [2.24, 2.45) is 0 Å². The normalized spacial score (nSPS) is 24.3. The van der Waals surface area contributed by atoms with Crippen molar-refractivity contribution in [2.75, 3.05) is 12.4 Å². The van der Waals surface area contributed by atoms with Gasteiger partial charge in [0.1, 0.15) is 5.44 Å². The van der Waals surface area contributed by atoms with Crippen molar-refractivity contribution in [3.63, 3.8) is 0 Å². The van der Waals surface area contributed by atoms with Gasteiger partial charge in [0.25, 0.3) is 0 Å². The SMILES string of the molecule is CCCCCOC1CCCS1. The van der Waals surface area contributed by atoms with Gasteiger partial charge >= 0.3 is 0 Å². The summed E-state index contributed by atoms with van der Waals surface area (Å²) in [5.74, 6) is 1.30. The molecule has 1 heterocycles. The van der Waals surface area contributed by atoms with Crippen LogP contribution < -0.4 is 0 Å². The molecule has 0 aromatic carbocycles. The molecule has 0 spiro atoms. The molecule has 1 nitrogen and oxygen atoms in total. The third kappa shape index (κ3) is 4.02. The van der Waals surface area contributed by atoms with Crippen LogP contribution in [0.15, 0.2) is 0 Å². The van der Waals surface area contributed by atoms with Crippen LogP contribution in [0.1, 0.15) is 39.0 Å². The number of ether oxygens (including phenoxy) is 1. The maximum atomic E-state index is 5.67. The topological polar surface area (TPSA) is 9.23 Å². The molecule has 1 unspecified atom stereocenters. The fourth-order valence-electron chi connectivity index (χ4n) is 1.25. The summed E-state index contributed by atoms with van der Waals surface area (Å²) >= 11 is 1.98. The summed E-state index contributed by atoms with van der Waals surface area (Å²) in [7, 11) is 0. The first-order valence-electron chi connectivity index (χ1n) is 4.66. The summed E-state index contributed by atoms with van der Waals surface area (Å²) in [5.41, 5.74) is 0.534. The second-order valence-corrected chi connectivity index (χ2v) is 4.29. The Balaban J connectivity index is 1.86. The van der Waals surface area contributed by atoms with E-state index in [9.17, 15) is 0 Å². The van der Waals surface area contributed by atoms with Crippen LogP contribution in [0.25, 0.3) is 0 Å². The predicted molar refractivity (Wildman–Crippen MR) is 51.0 cm³/mol. The van der Waals surface area contributed by atoms with Crippen LogP contribution >= 0.6 is 11.8 Å². The van der Waals surface area contributed by atoms with Gasteiger partial charge in [-0.25, -0.2) is 0 Å². The zero-order valence-electron chi connectivity index (χ0n) is 7.34. The number of rotatable bonds is 5. The Morgan fingerprint density at radius 1 is 1.45 bits per heavy atom. The van der Waals surface area contributed by atoms with E-state index in [0.717, 1.165) is 6.61 Å². The van der Waals surface area contributed by atoms with Gasteiger partial charge in [0, 0.05) is 6.61 Å². The third-order valence-corrected chi connectivity index (χ3v) is 3.21. The summed E-state index contributed by atoms with van der Waals surface area (Å²) < 4.78 is 5.67. The number of thioether (sulfide) groups is 1. The molecule has 0 aromatic heterocycles. The van der Waals surface area contributed by atoms with E-state index in [1.54, 1.807) is 0 Å². The predicted octanol–water partition coefficient (Wildman–Crippen LogP) is 3.05. The van der Waals surface area contributed by atoms with Crippen molar-refractivity contribution in [1.29, 1.82) is 0 Å². The van der Waals surface area contributed by atoms with Crippen molar-refractivity contribution in [2.45, 2.75) is 44.5 Å². The standard InChI is InChI=1S/C9H18OS/c1-2-3-4-7-10-9-6-5-8-11-9/h9H,2-8H2,1H3. The highest BCUT2D eigenvalue weighted by atomic mass is 32.2. The van der Waals surface area contributed by atoms with Gasteiger partial charge in [-0.3, -0.25) is 0 Å². The molecule has 1 atom stereocenters. The first kappa shape index (κ1) is 9.40. The van der Waals surface area contributed by atoms with E-state index < -0.39 is 0 Å². The summed E-state index contributed by atoms with van der Waals surface area (Å²) in [6.07, 6.45) is 6.48. The average Bonchev–Trinajstić information content (AvgIpc) is 2.50. The number of unbranched alkanes of at least 4 members (excludes halogenated alkanes) is 2. The molecule has 0 amide bonds. The minimum absolute atomic E-state index is 0.534. The average molecular weight is 174 g/mol. The van der Waals surface area contributed by atoms with Crippen LogP contribution in [0.2, 0.25) is 0 Å². The lowest BCUT2D eigenvalue weighted by Gasteiger charge is -2.09. The Kier molecular flexibility index (Phi) is 5.04. The van der Waals surface area contributed by atoms with Crippen molar-refractivity contribution in [3.05, 3.63) is 0 Å². The first-order valence-corrected chi connectivity index (χ1v) is 5.71. The van der Waals surface area contributed by atoms with Crippen LogP contribution in [0, 0.1) is 0 Å². The van der Waals surface area contributed by atoms with Crippen molar-refractivity contribution in [3.8, 4) is 0 Å². The molecule has 2 heteroatoms. The molecule has 1 fully saturated rings. The van der Waals surface area contributed by atoms with Gasteiger partial charge < -0.3 is 4.74 Å². The second-order valence-electron chi connectivity index (χ2n) is 3.02. The lowest BCUT2D eigenvalue weighted by molar-refractivity contribution is 0.107. The Bertz CT molecular complexity index is 89.6. The Morgan fingerprint density at radius 3 is 3.00 bits per heavy atom. The molecule has 0 aromatic rings. The molecule has 11 heavy (non-hydrogen) atoms. The highest BCUT2D eigenvalue weighted by Crippen LogP contribution is 2.26. The number of hydrogen-bond donors (Lipinski definition) is 0. The Labute approximate surface area is 73.9 Å². The second kappa shape index (κ2) is 5.90. The smallest absolute Gasteiger partial charge is 0.103 e. The van der Waals surface area contributed by atoms with Gasteiger partial charge in [-0.05, 0) is 25.0 Å². The molecule has 1 aliphatic rings. The molecule has 0 bridgehead atoms. The van der Waals surface area contributed by atoms with Crippen LogP contribution in [0.5, 0.6) is 0 Å². The molecule has 1 saturated heterocycles. The zero-order valence-corrected chi connectivity index (χ0v) is 8.16. The van der Waals surface area contributed by atoms with Crippen LogP contribution in [0.4, 0.5) is 0 Å². The van der Waals surface area contributed by atoms with Crippen LogP contribution in [-0.2, 0) is 4.74 Å². The van der Waals surface area contributed by atoms with Gasteiger partial charge in [-0.1, -0.05) is 19.8 Å². The molecular weight excluding hydrogens is 156 g/mol. The molecule has 1 rings (SSSR count). The largest absolute Gasteiger partial charge is 0.368 e. The highest BCUT2D eigenvalue weighted by Gasteiger charge is 2.14. The maximum absolute atomic E-state index is 5.67. The maximum Gasteiger partial charge on any atom is 0.103 e. The minimum atomic E-state index is 0.534. The van der Waals surface area contributed by atoms with E-state index in [4.69, 9.17) is 4.74 Å². The van der Waals surface area contributed by atoms with E-state index in [1.807, 2.05) is 11.8 Å². The molecular formula is C9H18OS. The fourth-order valence-corrected chi connectivity index (χ4v) is 2.37. The summed E-state index contributed by atoms with van der Waals surface area (Å²) in [4.78, 5) is 0. The minimum Gasteiger partial charge on any atom is -0.368 e. The van der Waals surface area contributed by atoms with E-state index >= 15 is 0 Å². The summed E-state index contributed by atoms with van der Waals surface area (Å²) in [6.45, 7) is 3.20. The van der Waals surface area contributed by atoms with Crippen LogP contribution in [0.3, 0.4) is 0 Å². The van der Waals surface area contributed by atoms with E-state index in [-0.39, 0.29) is 0 Å². The Morgan fingerprint density at radius 2 is 2.36 bits per heavy atom. The van der Waals surface area contributed by atoms with Crippen molar-refractivity contribution >= 4 is 11.8 Å². The third-order valence-electron chi connectivity index (χ3n) is 1.94. The molecule has 0 N–H and O–H groups in total. The summed E-state index contributed by atoms with van der Waals surface area (Å²) in [5, 5.41) is 0. The van der Waals surface area contributed by atoms with Crippen molar-refractivity contribution in [1.82, 2.24) is 0 Å². The monoisotopic (exact) mass is 174 g/mol. The van der Waals surface area contributed by atoms with Gasteiger partial charge in [0.2, 0.25) is 0 Å². The Hall–Kier alpha value is 0.310. The van der Waals surface area contributed by atoms with Gasteiger partial charge in [-0.15, -0.1) is 11.8 Å². The molecule has 0 radical (unpaired) electrons. The van der Waals surface area contributed by atoms with Gasteiger partial charge in [-0.2, -0.15) is 0 Å². The van der Waals surface area contributed by atoms with Gasteiger partial charge in [0.15, 0.2) is 0 Å².